The van der Waals surface area contributed by atoms with E-state index in [2.05, 4.69) is 19.2 Å². The summed E-state index contributed by atoms with van der Waals surface area (Å²) < 4.78 is 0. The van der Waals surface area contributed by atoms with Gasteiger partial charge in [0.25, 0.3) is 0 Å². The summed E-state index contributed by atoms with van der Waals surface area (Å²) in [5.74, 6) is 2.95. The van der Waals surface area contributed by atoms with Gasteiger partial charge in [0, 0.05) is 6.04 Å². The molecule has 1 amide bonds. The molecule has 1 saturated heterocycles. The molecular weight excluding hydrogens is 174 g/mol. The third-order valence-corrected chi connectivity index (χ3v) is 4.87. The maximum absolute atomic E-state index is 11.4. The van der Waals surface area contributed by atoms with E-state index in [4.69, 9.17) is 0 Å². The zero-order valence-electron chi connectivity index (χ0n) is 9.05. The lowest BCUT2D eigenvalue weighted by molar-refractivity contribution is -0.146. The summed E-state index contributed by atoms with van der Waals surface area (Å²) in [7, 11) is 0. The van der Waals surface area contributed by atoms with E-state index in [-0.39, 0.29) is 11.3 Å². The van der Waals surface area contributed by atoms with Crippen LogP contribution in [-0.4, -0.2) is 11.9 Å². The number of amides is 1. The van der Waals surface area contributed by atoms with Crippen LogP contribution in [0.4, 0.5) is 0 Å². The van der Waals surface area contributed by atoms with Crippen LogP contribution in [-0.2, 0) is 4.79 Å². The van der Waals surface area contributed by atoms with Crippen molar-refractivity contribution >= 4 is 5.91 Å². The van der Waals surface area contributed by atoms with Gasteiger partial charge in [-0.25, -0.2) is 0 Å². The first-order valence-electron chi connectivity index (χ1n) is 5.90. The Labute approximate surface area is 85.4 Å². The zero-order valence-corrected chi connectivity index (χ0v) is 9.05. The summed E-state index contributed by atoms with van der Waals surface area (Å²) in [4.78, 5) is 11.4. The van der Waals surface area contributed by atoms with Crippen LogP contribution in [0.25, 0.3) is 0 Å². The van der Waals surface area contributed by atoms with E-state index in [0.29, 0.717) is 6.04 Å². The molecule has 78 valence electrons. The molecule has 0 spiro atoms. The number of rotatable bonds is 1. The van der Waals surface area contributed by atoms with Crippen LogP contribution in [0.1, 0.15) is 39.5 Å². The third kappa shape index (κ3) is 0.945. The topological polar surface area (TPSA) is 29.1 Å². The third-order valence-electron chi connectivity index (χ3n) is 4.87. The highest BCUT2D eigenvalue weighted by molar-refractivity contribution is 5.89. The Morgan fingerprint density at radius 1 is 1.29 bits per heavy atom. The summed E-state index contributed by atoms with van der Waals surface area (Å²) in [6, 6.07) is 0.477. The predicted octanol–water partition coefficient (Wildman–Crippen LogP) is 1.95. The van der Waals surface area contributed by atoms with Crippen molar-refractivity contribution in [3.8, 4) is 0 Å². The number of β-lactam (4-membered cyclic amide) rings is 1. The second kappa shape index (κ2) is 2.53. The van der Waals surface area contributed by atoms with Crippen molar-refractivity contribution < 1.29 is 4.79 Å². The van der Waals surface area contributed by atoms with E-state index >= 15 is 0 Å². The predicted molar refractivity (Wildman–Crippen MR) is 54.6 cm³/mol. The minimum Gasteiger partial charge on any atom is -0.351 e. The summed E-state index contributed by atoms with van der Waals surface area (Å²) in [6.07, 6.45) is 5.67. The fraction of sp³-hybridized carbons (Fsp3) is 0.917. The lowest BCUT2D eigenvalue weighted by atomic mass is 9.66. The fourth-order valence-electron chi connectivity index (χ4n) is 3.92. The van der Waals surface area contributed by atoms with Crippen molar-refractivity contribution in [2.75, 3.05) is 0 Å². The average molecular weight is 193 g/mol. The highest BCUT2D eigenvalue weighted by atomic mass is 16.2. The molecule has 3 rings (SSSR count). The van der Waals surface area contributed by atoms with Gasteiger partial charge in [0.2, 0.25) is 5.91 Å². The molecule has 1 N–H and O–H groups in total. The lowest BCUT2D eigenvalue weighted by Gasteiger charge is -2.49. The average Bonchev–Trinajstić information content (AvgIpc) is 2.74. The molecule has 0 aromatic carbocycles. The van der Waals surface area contributed by atoms with E-state index in [1.165, 1.54) is 25.7 Å². The number of carbonyl (C=O) groups is 1. The zero-order chi connectivity index (χ0) is 9.92. The smallest absolute Gasteiger partial charge is 0.228 e. The van der Waals surface area contributed by atoms with Crippen LogP contribution in [0.3, 0.4) is 0 Å². The van der Waals surface area contributed by atoms with Gasteiger partial charge in [-0.1, -0.05) is 6.42 Å². The minimum atomic E-state index is -0.0881. The number of fused-ring (bicyclic) bond motifs is 2. The number of hydrogen-bond acceptors (Lipinski definition) is 1. The molecule has 0 aromatic rings. The van der Waals surface area contributed by atoms with E-state index in [1.54, 1.807) is 0 Å². The van der Waals surface area contributed by atoms with E-state index in [9.17, 15) is 4.79 Å². The van der Waals surface area contributed by atoms with Gasteiger partial charge in [-0.3, -0.25) is 4.79 Å². The van der Waals surface area contributed by atoms with Crippen molar-refractivity contribution in [3.63, 3.8) is 0 Å². The quantitative estimate of drug-likeness (QED) is 0.634. The summed E-state index contributed by atoms with van der Waals surface area (Å²) in [6.45, 7) is 4.20. The first-order valence-corrected chi connectivity index (χ1v) is 5.90. The molecule has 2 aliphatic carbocycles. The molecule has 3 aliphatic rings. The monoisotopic (exact) mass is 193 g/mol. The van der Waals surface area contributed by atoms with Gasteiger partial charge < -0.3 is 5.32 Å². The van der Waals surface area contributed by atoms with Gasteiger partial charge in [0.15, 0.2) is 0 Å². The molecular formula is C12H19NO. The molecule has 0 aromatic heterocycles. The van der Waals surface area contributed by atoms with Crippen LogP contribution in [0, 0.1) is 23.2 Å². The standard InChI is InChI=1S/C12H19NO/c1-12(2)10(13-11(12)14)9-6-7-3-4-8(9)5-7/h7-10H,3-6H2,1-2H3,(H,13,14). The van der Waals surface area contributed by atoms with Gasteiger partial charge in [-0.15, -0.1) is 0 Å². The SMILES string of the molecule is CC1(C)C(=O)NC1C1CC2CCC1C2. The van der Waals surface area contributed by atoms with Gasteiger partial charge in [-0.2, -0.15) is 0 Å². The van der Waals surface area contributed by atoms with Crippen molar-refractivity contribution in [1.82, 2.24) is 5.32 Å². The van der Waals surface area contributed by atoms with Crippen LogP contribution < -0.4 is 5.32 Å². The van der Waals surface area contributed by atoms with Crippen LogP contribution in [0.2, 0.25) is 0 Å². The maximum atomic E-state index is 11.4. The molecule has 4 atom stereocenters. The van der Waals surface area contributed by atoms with Crippen molar-refractivity contribution in [3.05, 3.63) is 0 Å². The highest BCUT2D eigenvalue weighted by Crippen LogP contribution is 2.53. The number of hydrogen-bond donors (Lipinski definition) is 1. The molecule has 2 nitrogen and oxygen atoms in total. The van der Waals surface area contributed by atoms with Gasteiger partial charge in [-0.05, 0) is 50.9 Å². The molecule has 3 fully saturated rings. The van der Waals surface area contributed by atoms with Crippen LogP contribution >= 0.6 is 0 Å². The molecule has 4 unspecified atom stereocenters. The maximum Gasteiger partial charge on any atom is 0.228 e. The normalized spacial score (nSPS) is 48.9. The van der Waals surface area contributed by atoms with Gasteiger partial charge in [0.1, 0.15) is 0 Å². The first-order chi connectivity index (χ1) is 6.59. The van der Waals surface area contributed by atoms with E-state index in [0.717, 1.165) is 17.8 Å². The van der Waals surface area contributed by atoms with Crippen LogP contribution in [0.5, 0.6) is 0 Å². The second-order valence-electron chi connectivity index (χ2n) is 6.01. The lowest BCUT2D eigenvalue weighted by Crippen LogP contribution is -2.67. The van der Waals surface area contributed by atoms with Gasteiger partial charge >= 0.3 is 0 Å². The molecule has 2 heteroatoms. The first kappa shape index (κ1) is 8.75. The molecule has 0 radical (unpaired) electrons. The highest BCUT2D eigenvalue weighted by Gasteiger charge is 2.55. The minimum absolute atomic E-state index is 0.0881. The second-order valence-corrected chi connectivity index (χ2v) is 6.01. The Hall–Kier alpha value is -0.530. The Morgan fingerprint density at radius 2 is 2.07 bits per heavy atom. The Bertz CT molecular complexity index is 284. The largest absolute Gasteiger partial charge is 0.351 e. The fourth-order valence-corrected chi connectivity index (χ4v) is 3.92. The Morgan fingerprint density at radius 3 is 2.50 bits per heavy atom. The number of carbonyl (C=O) groups excluding carboxylic acids is 1. The summed E-state index contributed by atoms with van der Waals surface area (Å²) >= 11 is 0. The molecule has 1 aliphatic heterocycles. The van der Waals surface area contributed by atoms with Crippen LogP contribution in [0.15, 0.2) is 0 Å². The van der Waals surface area contributed by atoms with Crippen molar-refractivity contribution in [1.29, 1.82) is 0 Å². The van der Waals surface area contributed by atoms with Crippen molar-refractivity contribution in [2.45, 2.75) is 45.6 Å². The number of nitrogens with one attached hydrogen (secondary N) is 1. The molecule has 1 heterocycles. The Kier molecular flexibility index (Phi) is 1.58. The summed E-state index contributed by atoms with van der Waals surface area (Å²) in [5, 5.41) is 3.12. The Balaban J connectivity index is 1.76. The van der Waals surface area contributed by atoms with Crippen molar-refractivity contribution in [2.24, 2.45) is 23.2 Å². The summed E-state index contributed by atoms with van der Waals surface area (Å²) in [5.41, 5.74) is -0.0881. The van der Waals surface area contributed by atoms with E-state index in [1.807, 2.05) is 0 Å². The molecule has 2 saturated carbocycles. The van der Waals surface area contributed by atoms with Gasteiger partial charge in [0.05, 0.1) is 5.41 Å². The molecule has 2 bridgehead atoms. The van der Waals surface area contributed by atoms with E-state index < -0.39 is 0 Å². The molecule has 14 heavy (non-hydrogen) atoms.